The number of fused-ring (bicyclic) bond motifs is 2. The monoisotopic (exact) mass is 460 g/mol. The highest BCUT2D eigenvalue weighted by atomic mass is 35.5. The molecule has 0 atom stereocenters. The number of rotatable bonds is 5. The van der Waals surface area contributed by atoms with Crippen LogP contribution in [0.4, 0.5) is 16.2 Å². The molecule has 0 radical (unpaired) electrons. The number of hydrogen-bond acceptors (Lipinski definition) is 3. The molecule has 0 saturated heterocycles. The number of benzene rings is 3. The van der Waals surface area contributed by atoms with E-state index in [1.807, 2.05) is 66.7 Å². The molecule has 1 aliphatic heterocycles. The highest BCUT2D eigenvalue weighted by Crippen LogP contribution is 2.47. The second kappa shape index (κ2) is 9.35. The molecule has 29 heavy (non-hydrogen) atoms. The van der Waals surface area contributed by atoms with Crippen molar-refractivity contribution in [3.05, 3.63) is 82.3 Å². The molecule has 1 aliphatic rings. The summed E-state index contributed by atoms with van der Waals surface area (Å²) in [6.07, 6.45) is 0. The zero-order valence-electron chi connectivity index (χ0n) is 15.4. The van der Waals surface area contributed by atoms with Crippen molar-refractivity contribution in [1.82, 2.24) is 5.32 Å². The van der Waals surface area contributed by atoms with Crippen LogP contribution in [0.3, 0.4) is 0 Å². The van der Waals surface area contributed by atoms with Gasteiger partial charge >= 0.3 is 6.03 Å². The number of carbonyl (C=O) groups excluding carboxylic acids is 1. The Labute approximate surface area is 188 Å². The van der Waals surface area contributed by atoms with Gasteiger partial charge in [0, 0.05) is 37.9 Å². The lowest BCUT2D eigenvalue weighted by Gasteiger charge is -2.31. The number of thioether (sulfide) groups is 1. The van der Waals surface area contributed by atoms with Crippen LogP contribution >= 0.6 is 46.7 Å². The van der Waals surface area contributed by atoms with Crippen molar-refractivity contribution in [3.8, 4) is 0 Å². The summed E-state index contributed by atoms with van der Waals surface area (Å²) >= 11 is 15.8. The molecule has 1 heterocycles. The predicted molar refractivity (Wildman–Crippen MR) is 125 cm³/mol. The Balaban J connectivity index is 1.39. The predicted octanol–water partition coefficient (Wildman–Crippen LogP) is 7.24. The lowest BCUT2D eigenvalue weighted by molar-refractivity contribution is 0.249. The van der Waals surface area contributed by atoms with Gasteiger partial charge < -0.3 is 5.32 Å². The molecule has 0 aliphatic carbocycles. The third-order valence-electron chi connectivity index (χ3n) is 4.47. The van der Waals surface area contributed by atoms with E-state index in [2.05, 4.69) is 5.32 Å². The van der Waals surface area contributed by atoms with Gasteiger partial charge in [0.2, 0.25) is 0 Å². The van der Waals surface area contributed by atoms with E-state index in [-0.39, 0.29) is 6.03 Å². The minimum atomic E-state index is -0.124. The molecule has 148 valence electrons. The van der Waals surface area contributed by atoms with Crippen molar-refractivity contribution in [3.63, 3.8) is 0 Å². The van der Waals surface area contributed by atoms with Crippen LogP contribution in [0.25, 0.3) is 0 Å². The Bertz CT molecular complexity index is 979. The van der Waals surface area contributed by atoms with E-state index in [1.54, 1.807) is 28.4 Å². The summed E-state index contributed by atoms with van der Waals surface area (Å²) in [6, 6.07) is 21.3. The standard InChI is InChI=1S/C22H18Cl2N2OS2/c23-16-6-5-7-17(24)15(16)14-28-13-12-25-22(27)26-18-8-1-3-10-20(18)29-21-11-4-2-9-19(21)26/h1-11H,12-14H2,(H,25,27). The molecule has 2 amide bonds. The van der Waals surface area contributed by atoms with E-state index in [1.165, 1.54) is 0 Å². The summed E-state index contributed by atoms with van der Waals surface area (Å²) in [5.41, 5.74) is 2.75. The van der Waals surface area contributed by atoms with E-state index in [9.17, 15) is 4.79 Å². The van der Waals surface area contributed by atoms with Crippen LogP contribution in [0.1, 0.15) is 5.56 Å². The minimum absolute atomic E-state index is 0.124. The molecule has 4 rings (SSSR count). The average Bonchev–Trinajstić information content (AvgIpc) is 2.73. The van der Waals surface area contributed by atoms with Crippen LogP contribution < -0.4 is 10.2 Å². The van der Waals surface area contributed by atoms with E-state index in [0.29, 0.717) is 22.3 Å². The molecule has 0 spiro atoms. The maximum Gasteiger partial charge on any atom is 0.326 e. The molecular weight excluding hydrogens is 443 g/mol. The van der Waals surface area contributed by atoms with Crippen LogP contribution in [0.5, 0.6) is 0 Å². The number of nitrogens with one attached hydrogen (secondary N) is 1. The zero-order valence-corrected chi connectivity index (χ0v) is 18.5. The summed E-state index contributed by atoms with van der Waals surface area (Å²) in [5, 5.41) is 4.39. The van der Waals surface area contributed by atoms with Gasteiger partial charge in [-0.1, -0.05) is 65.3 Å². The van der Waals surface area contributed by atoms with Gasteiger partial charge in [-0.15, -0.1) is 0 Å². The number of carbonyl (C=O) groups is 1. The highest BCUT2D eigenvalue weighted by molar-refractivity contribution is 7.99. The van der Waals surface area contributed by atoms with E-state index in [4.69, 9.17) is 23.2 Å². The molecule has 0 bridgehead atoms. The van der Waals surface area contributed by atoms with Gasteiger partial charge in [0.1, 0.15) is 0 Å². The van der Waals surface area contributed by atoms with Crippen LogP contribution in [0.15, 0.2) is 76.5 Å². The Morgan fingerprint density at radius 2 is 1.48 bits per heavy atom. The number of para-hydroxylation sites is 2. The Morgan fingerprint density at radius 3 is 2.10 bits per heavy atom. The number of urea groups is 1. The molecule has 0 saturated carbocycles. The first-order chi connectivity index (χ1) is 14.1. The minimum Gasteiger partial charge on any atom is -0.337 e. The third-order valence-corrected chi connectivity index (χ3v) is 7.29. The van der Waals surface area contributed by atoms with Gasteiger partial charge in [-0.25, -0.2) is 4.79 Å². The fourth-order valence-electron chi connectivity index (χ4n) is 3.08. The van der Waals surface area contributed by atoms with Crippen LogP contribution in [-0.4, -0.2) is 18.3 Å². The van der Waals surface area contributed by atoms with E-state index >= 15 is 0 Å². The molecule has 3 nitrogen and oxygen atoms in total. The van der Waals surface area contributed by atoms with Crippen molar-refractivity contribution >= 4 is 64.1 Å². The average molecular weight is 461 g/mol. The number of hydrogen-bond donors (Lipinski definition) is 1. The van der Waals surface area contributed by atoms with Gasteiger partial charge in [0.25, 0.3) is 0 Å². The van der Waals surface area contributed by atoms with Gasteiger partial charge in [0.15, 0.2) is 0 Å². The highest BCUT2D eigenvalue weighted by Gasteiger charge is 2.27. The number of nitrogens with zero attached hydrogens (tertiary/aromatic N) is 1. The molecule has 3 aromatic carbocycles. The Kier molecular flexibility index (Phi) is 6.60. The summed E-state index contributed by atoms with van der Waals surface area (Å²) in [5.74, 6) is 1.47. The maximum atomic E-state index is 13.0. The lowest BCUT2D eigenvalue weighted by atomic mass is 10.2. The molecular formula is C22H18Cl2N2OS2. The topological polar surface area (TPSA) is 32.3 Å². The first kappa shape index (κ1) is 20.5. The van der Waals surface area contributed by atoms with Gasteiger partial charge in [-0.2, -0.15) is 11.8 Å². The first-order valence-electron chi connectivity index (χ1n) is 9.09. The number of amides is 2. The lowest BCUT2D eigenvalue weighted by Crippen LogP contribution is -2.39. The SMILES string of the molecule is O=C(NCCSCc1c(Cl)cccc1Cl)N1c2ccccc2Sc2ccccc21. The van der Waals surface area contributed by atoms with Crippen LogP contribution in [-0.2, 0) is 5.75 Å². The normalized spacial score (nSPS) is 12.3. The van der Waals surface area contributed by atoms with Gasteiger partial charge in [-0.3, -0.25) is 4.90 Å². The molecule has 7 heteroatoms. The molecule has 3 aromatic rings. The second-order valence-corrected chi connectivity index (χ2v) is 9.36. The Morgan fingerprint density at radius 1 is 0.897 bits per heavy atom. The van der Waals surface area contributed by atoms with E-state index in [0.717, 1.165) is 32.5 Å². The number of halogens is 2. The van der Waals surface area contributed by atoms with Crippen molar-refractivity contribution in [2.75, 3.05) is 17.2 Å². The van der Waals surface area contributed by atoms with Crippen LogP contribution in [0.2, 0.25) is 10.0 Å². The van der Waals surface area contributed by atoms with Gasteiger partial charge in [-0.05, 0) is 42.0 Å². The fraction of sp³-hybridized carbons (Fsp3) is 0.136. The van der Waals surface area contributed by atoms with Crippen molar-refractivity contribution in [2.45, 2.75) is 15.5 Å². The zero-order chi connectivity index (χ0) is 20.2. The summed E-state index contributed by atoms with van der Waals surface area (Å²) in [7, 11) is 0. The Hall–Kier alpha value is -1.79. The van der Waals surface area contributed by atoms with E-state index < -0.39 is 0 Å². The van der Waals surface area contributed by atoms with Crippen molar-refractivity contribution in [2.24, 2.45) is 0 Å². The molecule has 1 N–H and O–H groups in total. The second-order valence-electron chi connectivity index (χ2n) is 6.36. The third kappa shape index (κ3) is 4.53. The summed E-state index contributed by atoms with van der Waals surface area (Å²) < 4.78 is 0. The van der Waals surface area contributed by atoms with Crippen LogP contribution in [0, 0.1) is 0 Å². The largest absolute Gasteiger partial charge is 0.337 e. The quantitative estimate of drug-likeness (QED) is 0.407. The number of anilines is 2. The van der Waals surface area contributed by atoms with Crippen molar-refractivity contribution < 1.29 is 4.79 Å². The van der Waals surface area contributed by atoms with Crippen molar-refractivity contribution in [1.29, 1.82) is 0 Å². The first-order valence-corrected chi connectivity index (χ1v) is 11.8. The molecule has 0 fully saturated rings. The fourth-order valence-corrected chi connectivity index (χ4v) is 5.73. The molecule has 0 unspecified atom stereocenters. The maximum absolute atomic E-state index is 13.0. The van der Waals surface area contributed by atoms with Gasteiger partial charge in [0.05, 0.1) is 11.4 Å². The summed E-state index contributed by atoms with van der Waals surface area (Å²) in [6.45, 7) is 0.555. The smallest absolute Gasteiger partial charge is 0.326 e. The summed E-state index contributed by atoms with van der Waals surface area (Å²) in [4.78, 5) is 16.9. The molecule has 0 aromatic heterocycles.